The highest BCUT2D eigenvalue weighted by molar-refractivity contribution is 7.12. The third-order valence-corrected chi connectivity index (χ3v) is 6.28. The Kier molecular flexibility index (Phi) is 7.28. The number of amides is 2. The number of carbonyl (C=O) groups excluding carboxylic acids is 3. The summed E-state index contributed by atoms with van der Waals surface area (Å²) < 4.78 is 4.77. The van der Waals surface area contributed by atoms with Crippen molar-refractivity contribution in [2.24, 2.45) is 5.92 Å². The Labute approximate surface area is 178 Å². The summed E-state index contributed by atoms with van der Waals surface area (Å²) in [5.41, 5.74) is 0.679. The minimum absolute atomic E-state index is 0.00167. The molecule has 154 valence electrons. The molecule has 1 aliphatic rings. The van der Waals surface area contributed by atoms with E-state index >= 15 is 0 Å². The van der Waals surface area contributed by atoms with E-state index < -0.39 is 12.0 Å². The quantitative estimate of drug-likeness (QED) is 0.704. The second-order valence-corrected chi connectivity index (χ2v) is 8.26. The van der Waals surface area contributed by atoms with E-state index in [1.54, 1.807) is 23.1 Å². The first-order chi connectivity index (χ1) is 14.0. The van der Waals surface area contributed by atoms with Crippen LogP contribution in [0.25, 0.3) is 0 Å². The number of hydrogen-bond acceptors (Lipinski definition) is 5. The molecule has 2 heterocycles. The Morgan fingerprint density at radius 3 is 2.55 bits per heavy atom. The van der Waals surface area contributed by atoms with E-state index in [0.717, 1.165) is 0 Å². The highest BCUT2D eigenvalue weighted by Crippen LogP contribution is 2.27. The SMILES string of the molecule is COC(=O)CC(NC(=O)C1CCN(C(=O)c2cccs2)CC1)c1ccccc1Cl. The maximum atomic E-state index is 12.9. The van der Waals surface area contributed by atoms with E-state index in [-0.39, 0.29) is 24.2 Å². The van der Waals surface area contributed by atoms with Gasteiger partial charge in [-0.25, -0.2) is 0 Å². The molecule has 0 saturated carbocycles. The average molecular weight is 435 g/mol. The molecular weight excluding hydrogens is 412 g/mol. The molecule has 1 atom stereocenters. The normalized spacial score (nSPS) is 15.6. The lowest BCUT2D eigenvalue weighted by molar-refractivity contribution is -0.141. The molecule has 1 saturated heterocycles. The van der Waals surface area contributed by atoms with Crippen molar-refractivity contribution in [2.45, 2.75) is 25.3 Å². The zero-order valence-electron chi connectivity index (χ0n) is 16.1. The van der Waals surface area contributed by atoms with Gasteiger partial charge in [-0.05, 0) is 35.9 Å². The molecule has 6 nitrogen and oxygen atoms in total. The molecule has 1 aromatic heterocycles. The Morgan fingerprint density at radius 1 is 1.21 bits per heavy atom. The number of benzene rings is 1. The summed E-state index contributed by atoms with van der Waals surface area (Å²) in [6.45, 7) is 1.06. The Morgan fingerprint density at radius 2 is 1.93 bits per heavy atom. The molecule has 0 bridgehead atoms. The van der Waals surface area contributed by atoms with Crippen molar-refractivity contribution in [2.75, 3.05) is 20.2 Å². The number of ether oxygens (including phenoxy) is 1. The zero-order chi connectivity index (χ0) is 20.8. The minimum Gasteiger partial charge on any atom is -0.469 e. The third kappa shape index (κ3) is 5.36. The van der Waals surface area contributed by atoms with Gasteiger partial charge in [0.1, 0.15) is 0 Å². The van der Waals surface area contributed by atoms with E-state index in [4.69, 9.17) is 16.3 Å². The number of likely N-dealkylation sites (tertiary alicyclic amines) is 1. The van der Waals surface area contributed by atoms with Crippen LogP contribution in [0.5, 0.6) is 0 Å². The molecule has 0 radical (unpaired) electrons. The predicted octanol–water partition coefficient (Wildman–Crippen LogP) is 3.67. The van der Waals surface area contributed by atoms with Crippen LogP contribution in [0.3, 0.4) is 0 Å². The number of thiophene rings is 1. The van der Waals surface area contributed by atoms with Gasteiger partial charge in [-0.2, -0.15) is 0 Å². The summed E-state index contributed by atoms with van der Waals surface area (Å²) in [6, 6.07) is 10.2. The topological polar surface area (TPSA) is 75.7 Å². The fourth-order valence-electron chi connectivity index (χ4n) is 3.44. The summed E-state index contributed by atoms with van der Waals surface area (Å²) >= 11 is 7.69. The van der Waals surface area contributed by atoms with Gasteiger partial charge in [0.05, 0.1) is 24.4 Å². The first kappa shape index (κ1) is 21.3. The lowest BCUT2D eigenvalue weighted by Gasteiger charge is -2.32. The van der Waals surface area contributed by atoms with Gasteiger partial charge in [-0.15, -0.1) is 11.3 Å². The summed E-state index contributed by atoms with van der Waals surface area (Å²) in [4.78, 5) is 39.7. The standard InChI is InChI=1S/C21H23ClN2O4S/c1-28-19(25)13-17(15-5-2-3-6-16(15)22)23-20(26)14-8-10-24(11-9-14)21(27)18-7-4-12-29-18/h2-7,12,14,17H,8-11,13H2,1H3,(H,23,26). The number of piperidine rings is 1. The number of rotatable bonds is 6. The molecule has 0 aliphatic carbocycles. The molecule has 1 fully saturated rings. The molecule has 8 heteroatoms. The fraction of sp³-hybridized carbons (Fsp3) is 0.381. The van der Waals surface area contributed by atoms with Crippen molar-refractivity contribution in [3.05, 3.63) is 57.2 Å². The summed E-state index contributed by atoms with van der Waals surface area (Å²) in [5, 5.41) is 5.32. The number of halogens is 1. The lowest BCUT2D eigenvalue weighted by atomic mass is 9.94. The second kappa shape index (κ2) is 9.89. The maximum Gasteiger partial charge on any atom is 0.307 e. The van der Waals surface area contributed by atoms with Gasteiger partial charge >= 0.3 is 5.97 Å². The molecular formula is C21H23ClN2O4S. The van der Waals surface area contributed by atoms with E-state index in [9.17, 15) is 14.4 Å². The smallest absolute Gasteiger partial charge is 0.307 e. The van der Waals surface area contributed by atoms with Crippen molar-refractivity contribution in [3.63, 3.8) is 0 Å². The van der Waals surface area contributed by atoms with E-state index in [0.29, 0.717) is 41.4 Å². The van der Waals surface area contributed by atoms with Crippen LogP contribution < -0.4 is 5.32 Å². The molecule has 2 amide bonds. The monoisotopic (exact) mass is 434 g/mol. The van der Waals surface area contributed by atoms with E-state index in [1.807, 2.05) is 23.6 Å². The van der Waals surface area contributed by atoms with Crippen LogP contribution in [0.15, 0.2) is 41.8 Å². The number of esters is 1. The van der Waals surface area contributed by atoms with Gasteiger partial charge in [0.2, 0.25) is 5.91 Å². The van der Waals surface area contributed by atoms with Gasteiger partial charge in [0.15, 0.2) is 0 Å². The predicted molar refractivity (Wildman–Crippen MR) is 112 cm³/mol. The highest BCUT2D eigenvalue weighted by atomic mass is 35.5. The maximum absolute atomic E-state index is 12.9. The van der Waals surface area contributed by atoms with Crippen molar-refractivity contribution in [1.82, 2.24) is 10.2 Å². The summed E-state index contributed by atoms with van der Waals surface area (Å²) in [6.07, 6.45) is 1.16. The summed E-state index contributed by atoms with van der Waals surface area (Å²) in [5.74, 6) is -0.767. The molecule has 1 aromatic carbocycles. The van der Waals surface area contributed by atoms with Crippen molar-refractivity contribution < 1.29 is 19.1 Å². The van der Waals surface area contributed by atoms with Gasteiger partial charge in [0, 0.05) is 24.0 Å². The Bertz CT molecular complexity index is 863. The van der Waals surface area contributed by atoms with Crippen molar-refractivity contribution in [1.29, 1.82) is 0 Å². The van der Waals surface area contributed by atoms with Crippen LogP contribution in [0.2, 0.25) is 5.02 Å². The van der Waals surface area contributed by atoms with Crippen LogP contribution in [0, 0.1) is 5.92 Å². The van der Waals surface area contributed by atoms with Crippen molar-refractivity contribution in [3.8, 4) is 0 Å². The lowest BCUT2D eigenvalue weighted by Crippen LogP contribution is -2.43. The first-order valence-corrected chi connectivity index (χ1v) is 10.7. The molecule has 29 heavy (non-hydrogen) atoms. The van der Waals surface area contributed by atoms with Gasteiger partial charge < -0.3 is 15.0 Å². The van der Waals surface area contributed by atoms with Gasteiger partial charge in [0.25, 0.3) is 5.91 Å². The van der Waals surface area contributed by atoms with Gasteiger partial charge in [-0.3, -0.25) is 14.4 Å². The highest BCUT2D eigenvalue weighted by Gasteiger charge is 2.30. The van der Waals surface area contributed by atoms with Crippen LogP contribution in [-0.2, 0) is 14.3 Å². The number of carbonyl (C=O) groups is 3. The molecule has 1 unspecified atom stereocenters. The number of nitrogens with zero attached hydrogens (tertiary/aromatic N) is 1. The van der Waals surface area contributed by atoms with E-state index in [1.165, 1.54) is 18.4 Å². The fourth-order valence-corrected chi connectivity index (χ4v) is 4.40. The third-order valence-electron chi connectivity index (χ3n) is 5.08. The molecule has 1 N–H and O–H groups in total. The number of methoxy groups -OCH3 is 1. The largest absolute Gasteiger partial charge is 0.469 e. The molecule has 0 spiro atoms. The molecule has 2 aromatic rings. The summed E-state index contributed by atoms with van der Waals surface area (Å²) in [7, 11) is 1.31. The second-order valence-electron chi connectivity index (χ2n) is 6.91. The number of nitrogens with one attached hydrogen (secondary N) is 1. The first-order valence-electron chi connectivity index (χ1n) is 9.44. The molecule has 1 aliphatic heterocycles. The Balaban J connectivity index is 1.62. The molecule has 3 rings (SSSR count). The van der Waals surface area contributed by atoms with E-state index in [2.05, 4.69) is 5.32 Å². The van der Waals surface area contributed by atoms with Gasteiger partial charge in [-0.1, -0.05) is 35.9 Å². The van der Waals surface area contributed by atoms with Crippen LogP contribution in [0.1, 0.15) is 40.5 Å². The number of hydrogen-bond donors (Lipinski definition) is 1. The Hall–Kier alpha value is -2.38. The van der Waals surface area contributed by atoms with Crippen LogP contribution in [-0.4, -0.2) is 42.9 Å². The minimum atomic E-state index is -0.561. The van der Waals surface area contributed by atoms with Crippen LogP contribution >= 0.6 is 22.9 Å². The van der Waals surface area contributed by atoms with Crippen LogP contribution in [0.4, 0.5) is 0 Å². The average Bonchev–Trinajstić information content (AvgIpc) is 3.28. The van der Waals surface area contributed by atoms with Crippen molar-refractivity contribution >= 4 is 40.7 Å². The zero-order valence-corrected chi connectivity index (χ0v) is 17.7.